The van der Waals surface area contributed by atoms with Crippen molar-refractivity contribution in [2.45, 2.75) is 25.9 Å². The van der Waals surface area contributed by atoms with Gasteiger partial charge in [0.2, 0.25) is 0 Å². The molecule has 1 saturated heterocycles. The van der Waals surface area contributed by atoms with Gasteiger partial charge in [-0.2, -0.15) is 0 Å². The molecule has 0 bridgehead atoms. The first-order valence-electron chi connectivity index (χ1n) is 7.45. The van der Waals surface area contributed by atoms with Crippen molar-refractivity contribution in [2.75, 3.05) is 32.9 Å². The first kappa shape index (κ1) is 15.4. The molecule has 1 heterocycles. The highest BCUT2D eigenvalue weighted by atomic mass is 19.1. The van der Waals surface area contributed by atoms with Gasteiger partial charge in [0.1, 0.15) is 5.82 Å². The molecule has 1 N–H and O–H groups in total. The van der Waals surface area contributed by atoms with Gasteiger partial charge in [0, 0.05) is 24.6 Å². The fourth-order valence-electron chi connectivity index (χ4n) is 2.37. The third-order valence-electron chi connectivity index (χ3n) is 3.57. The van der Waals surface area contributed by atoms with E-state index >= 15 is 0 Å². The van der Waals surface area contributed by atoms with Gasteiger partial charge < -0.3 is 14.8 Å². The first-order chi connectivity index (χ1) is 9.81. The molecule has 1 aromatic carbocycles. The molecule has 2 rings (SSSR count). The number of nitrogens with one attached hydrogen (secondary N) is 1. The van der Waals surface area contributed by atoms with Gasteiger partial charge in [0.15, 0.2) is 0 Å². The molecule has 0 spiro atoms. The predicted octanol–water partition coefficient (Wildman–Crippen LogP) is 2.92. The van der Waals surface area contributed by atoms with Crippen LogP contribution in [0.3, 0.4) is 0 Å². The summed E-state index contributed by atoms with van der Waals surface area (Å²) in [5.74, 6) is 0.244. The lowest BCUT2D eigenvalue weighted by Crippen LogP contribution is -2.26. The Hall–Kier alpha value is -0.970. The first-order valence-corrected chi connectivity index (χ1v) is 7.45. The van der Waals surface area contributed by atoms with Crippen LogP contribution < -0.4 is 5.32 Å². The third kappa shape index (κ3) is 4.54. The van der Waals surface area contributed by atoms with Gasteiger partial charge in [-0.15, -0.1) is 0 Å². The topological polar surface area (TPSA) is 30.5 Å². The molecule has 112 valence electrons. The van der Waals surface area contributed by atoms with Crippen molar-refractivity contribution in [3.8, 4) is 0 Å². The maximum absolute atomic E-state index is 13.9. The van der Waals surface area contributed by atoms with Gasteiger partial charge >= 0.3 is 0 Å². The second-order valence-corrected chi connectivity index (χ2v) is 5.28. The van der Waals surface area contributed by atoms with Crippen molar-refractivity contribution in [2.24, 2.45) is 5.92 Å². The minimum Gasteiger partial charge on any atom is -0.381 e. The Balaban J connectivity index is 1.94. The summed E-state index contributed by atoms with van der Waals surface area (Å²) < 4.78 is 25.2. The molecule has 0 saturated carbocycles. The van der Waals surface area contributed by atoms with Crippen LogP contribution in [0, 0.1) is 11.7 Å². The zero-order valence-electron chi connectivity index (χ0n) is 12.1. The summed E-state index contributed by atoms with van der Waals surface area (Å²) in [6.07, 6.45) is 1.86. The van der Waals surface area contributed by atoms with Crippen molar-refractivity contribution in [1.29, 1.82) is 0 Å². The van der Waals surface area contributed by atoms with Gasteiger partial charge in [0.25, 0.3) is 0 Å². The highest BCUT2D eigenvalue weighted by Crippen LogP contribution is 2.22. The summed E-state index contributed by atoms with van der Waals surface area (Å²) in [4.78, 5) is 0. The van der Waals surface area contributed by atoms with Crippen LogP contribution in [0.4, 0.5) is 4.39 Å². The van der Waals surface area contributed by atoms with E-state index in [1.165, 1.54) is 6.07 Å². The van der Waals surface area contributed by atoms with E-state index in [-0.39, 0.29) is 11.9 Å². The predicted molar refractivity (Wildman–Crippen MR) is 77.2 cm³/mol. The third-order valence-corrected chi connectivity index (χ3v) is 3.57. The normalized spacial score (nSPS) is 20.2. The fraction of sp³-hybridized carbons (Fsp3) is 0.625. The molecule has 20 heavy (non-hydrogen) atoms. The van der Waals surface area contributed by atoms with E-state index in [4.69, 9.17) is 9.47 Å². The minimum atomic E-state index is -0.233. The van der Waals surface area contributed by atoms with Crippen molar-refractivity contribution in [3.63, 3.8) is 0 Å². The lowest BCUT2D eigenvalue weighted by molar-refractivity contribution is 0.0236. The quantitative estimate of drug-likeness (QED) is 0.743. The van der Waals surface area contributed by atoms with Gasteiger partial charge in [-0.05, 0) is 25.5 Å². The molecule has 1 aliphatic heterocycles. The summed E-state index contributed by atoms with van der Waals surface area (Å²) in [6, 6.07) is 6.86. The Morgan fingerprint density at radius 2 is 2.30 bits per heavy atom. The number of rotatable bonds is 8. The van der Waals surface area contributed by atoms with E-state index in [1.54, 1.807) is 12.1 Å². The van der Waals surface area contributed by atoms with E-state index in [9.17, 15) is 4.39 Å². The highest BCUT2D eigenvalue weighted by Gasteiger charge is 2.20. The van der Waals surface area contributed by atoms with E-state index in [1.807, 2.05) is 6.07 Å². The standard InChI is InChI=1S/C16H24FNO2/c1-2-8-18-10-16(14-5-3-4-6-15(14)17)20-12-13-7-9-19-11-13/h3-6,13,16,18H,2,7-12H2,1H3. The molecular weight excluding hydrogens is 257 g/mol. The molecule has 0 aromatic heterocycles. The van der Waals surface area contributed by atoms with Crippen molar-refractivity contribution < 1.29 is 13.9 Å². The Bertz CT molecular complexity index is 394. The molecule has 1 aliphatic rings. The van der Waals surface area contributed by atoms with E-state index in [0.717, 1.165) is 32.6 Å². The lowest BCUT2D eigenvalue weighted by atomic mass is 10.1. The van der Waals surface area contributed by atoms with Crippen LogP contribution in [0.15, 0.2) is 24.3 Å². The maximum atomic E-state index is 13.9. The Kier molecular flexibility index (Phi) is 6.43. The van der Waals surface area contributed by atoms with E-state index in [0.29, 0.717) is 24.6 Å². The SMILES string of the molecule is CCCNCC(OCC1CCOC1)c1ccccc1F. The van der Waals surface area contributed by atoms with Gasteiger partial charge in [-0.1, -0.05) is 25.1 Å². The second kappa shape index (κ2) is 8.35. The van der Waals surface area contributed by atoms with Gasteiger partial charge in [0.05, 0.1) is 19.3 Å². The highest BCUT2D eigenvalue weighted by molar-refractivity contribution is 5.20. The van der Waals surface area contributed by atoms with Crippen molar-refractivity contribution in [3.05, 3.63) is 35.6 Å². The van der Waals surface area contributed by atoms with Crippen LogP contribution in [-0.4, -0.2) is 32.9 Å². The maximum Gasteiger partial charge on any atom is 0.129 e. The number of ether oxygens (including phenoxy) is 2. The Morgan fingerprint density at radius 1 is 1.45 bits per heavy atom. The number of hydrogen-bond acceptors (Lipinski definition) is 3. The summed E-state index contributed by atoms with van der Waals surface area (Å²) in [5, 5.41) is 3.31. The fourth-order valence-corrected chi connectivity index (χ4v) is 2.37. The second-order valence-electron chi connectivity index (χ2n) is 5.28. The Labute approximate surface area is 120 Å². The average molecular weight is 281 g/mol. The minimum absolute atomic E-state index is 0.196. The molecule has 2 atom stereocenters. The molecule has 1 aromatic rings. The van der Waals surface area contributed by atoms with Crippen LogP contribution in [0.25, 0.3) is 0 Å². The molecular formula is C16H24FNO2. The van der Waals surface area contributed by atoms with Crippen LogP contribution >= 0.6 is 0 Å². The average Bonchev–Trinajstić information content (AvgIpc) is 2.97. The number of benzene rings is 1. The van der Waals surface area contributed by atoms with Crippen molar-refractivity contribution in [1.82, 2.24) is 5.32 Å². The number of halogens is 1. The molecule has 2 unspecified atom stereocenters. The Morgan fingerprint density at radius 3 is 3.00 bits per heavy atom. The number of hydrogen-bond donors (Lipinski definition) is 1. The largest absolute Gasteiger partial charge is 0.381 e. The summed E-state index contributed by atoms with van der Waals surface area (Å²) in [5.41, 5.74) is 0.634. The molecule has 4 heteroatoms. The van der Waals surface area contributed by atoms with Crippen LogP contribution in [0.5, 0.6) is 0 Å². The molecule has 0 radical (unpaired) electrons. The summed E-state index contributed by atoms with van der Waals surface area (Å²) in [6.45, 7) is 5.87. The molecule has 1 fully saturated rings. The molecule has 0 aliphatic carbocycles. The summed E-state index contributed by atoms with van der Waals surface area (Å²) >= 11 is 0. The molecule has 3 nitrogen and oxygen atoms in total. The van der Waals surface area contributed by atoms with Gasteiger partial charge in [-0.3, -0.25) is 0 Å². The van der Waals surface area contributed by atoms with Crippen molar-refractivity contribution >= 4 is 0 Å². The van der Waals surface area contributed by atoms with Crippen LogP contribution in [0.1, 0.15) is 31.4 Å². The zero-order chi connectivity index (χ0) is 14.2. The molecule has 0 amide bonds. The summed E-state index contributed by atoms with van der Waals surface area (Å²) in [7, 11) is 0. The zero-order valence-corrected chi connectivity index (χ0v) is 12.1. The lowest BCUT2D eigenvalue weighted by Gasteiger charge is -2.21. The van der Waals surface area contributed by atoms with E-state index in [2.05, 4.69) is 12.2 Å². The van der Waals surface area contributed by atoms with Gasteiger partial charge in [-0.25, -0.2) is 4.39 Å². The van der Waals surface area contributed by atoms with Crippen LogP contribution in [0.2, 0.25) is 0 Å². The van der Waals surface area contributed by atoms with E-state index < -0.39 is 0 Å². The van der Waals surface area contributed by atoms with Crippen LogP contribution in [-0.2, 0) is 9.47 Å². The smallest absolute Gasteiger partial charge is 0.129 e. The monoisotopic (exact) mass is 281 g/mol.